The topological polar surface area (TPSA) is 59.1 Å². The Morgan fingerprint density at radius 1 is 1.19 bits per heavy atom. The molecule has 2 aliphatic rings. The lowest BCUT2D eigenvalue weighted by Gasteiger charge is -2.32. The number of morpholine rings is 1. The average molecular weight is 298 g/mol. The summed E-state index contributed by atoms with van der Waals surface area (Å²) in [4.78, 5) is 27.8. The van der Waals surface area contributed by atoms with E-state index in [1.54, 1.807) is 6.92 Å². The highest BCUT2D eigenvalue weighted by Crippen LogP contribution is 2.17. The van der Waals surface area contributed by atoms with E-state index in [-0.39, 0.29) is 24.6 Å². The third-order valence-corrected chi connectivity index (χ3v) is 4.12. The van der Waals surface area contributed by atoms with Crippen LogP contribution >= 0.6 is 0 Å². The highest BCUT2D eigenvalue weighted by molar-refractivity contribution is 5.84. The van der Waals surface area contributed by atoms with Crippen LogP contribution in [0.3, 0.4) is 0 Å². The number of ketones is 1. The molecule has 1 unspecified atom stereocenters. The van der Waals surface area contributed by atoms with E-state index < -0.39 is 0 Å². The van der Waals surface area contributed by atoms with Crippen molar-refractivity contribution in [2.75, 3.05) is 52.5 Å². The van der Waals surface area contributed by atoms with Gasteiger partial charge in [-0.25, -0.2) is 0 Å². The van der Waals surface area contributed by atoms with Crippen LogP contribution in [-0.2, 0) is 19.1 Å². The molecule has 0 aromatic heterocycles. The highest BCUT2D eigenvalue weighted by atomic mass is 16.5. The number of Topliss-reactive ketones (excluding diaryl/α,β-unsaturated/α-hetero) is 1. The van der Waals surface area contributed by atoms with Crippen molar-refractivity contribution in [1.29, 1.82) is 0 Å². The van der Waals surface area contributed by atoms with E-state index in [0.717, 1.165) is 45.8 Å². The molecule has 2 fully saturated rings. The van der Waals surface area contributed by atoms with Gasteiger partial charge >= 0.3 is 5.97 Å². The van der Waals surface area contributed by atoms with E-state index in [1.165, 1.54) is 0 Å². The second-order valence-corrected chi connectivity index (χ2v) is 5.67. The normalized spacial score (nSPS) is 24.1. The number of carbonyl (C=O) groups is 2. The molecule has 2 aliphatic heterocycles. The summed E-state index contributed by atoms with van der Waals surface area (Å²) < 4.78 is 10.2. The molecule has 6 nitrogen and oxygen atoms in total. The Labute approximate surface area is 126 Å². The maximum Gasteiger partial charge on any atom is 0.306 e. The van der Waals surface area contributed by atoms with Crippen LogP contribution in [-0.4, -0.2) is 80.1 Å². The molecule has 2 rings (SSSR count). The van der Waals surface area contributed by atoms with Crippen LogP contribution in [0.5, 0.6) is 0 Å². The van der Waals surface area contributed by atoms with Gasteiger partial charge < -0.3 is 9.47 Å². The van der Waals surface area contributed by atoms with Gasteiger partial charge in [-0.2, -0.15) is 0 Å². The maximum atomic E-state index is 11.9. The van der Waals surface area contributed by atoms with Crippen LogP contribution < -0.4 is 0 Å². The predicted octanol–water partition coefficient (Wildman–Crippen LogP) is 0.305. The summed E-state index contributed by atoms with van der Waals surface area (Å²) in [5.41, 5.74) is 0. The minimum absolute atomic E-state index is 0.130. The minimum atomic E-state index is -0.279. The average Bonchev–Trinajstić information content (AvgIpc) is 2.95. The number of carbonyl (C=O) groups excluding carboxylic acids is 2. The first kappa shape index (κ1) is 16.4. The molecule has 0 amide bonds. The summed E-state index contributed by atoms with van der Waals surface area (Å²) in [5, 5.41) is 0. The lowest BCUT2D eigenvalue weighted by molar-refractivity contribution is -0.144. The highest BCUT2D eigenvalue weighted by Gasteiger charge is 2.29. The molecule has 0 aromatic carbocycles. The van der Waals surface area contributed by atoms with Crippen molar-refractivity contribution in [3.63, 3.8) is 0 Å². The van der Waals surface area contributed by atoms with Gasteiger partial charge in [-0.3, -0.25) is 19.4 Å². The van der Waals surface area contributed by atoms with E-state index in [0.29, 0.717) is 19.2 Å². The molecule has 0 aliphatic carbocycles. The zero-order chi connectivity index (χ0) is 15.1. The van der Waals surface area contributed by atoms with Gasteiger partial charge in [0.1, 0.15) is 5.78 Å². The molecule has 2 saturated heterocycles. The van der Waals surface area contributed by atoms with Gasteiger partial charge in [0, 0.05) is 38.6 Å². The van der Waals surface area contributed by atoms with Gasteiger partial charge in [-0.05, 0) is 13.3 Å². The summed E-state index contributed by atoms with van der Waals surface area (Å²) >= 11 is 0. The number of hydrogen-bond acceptors (Lipinski definition) is 6. The number of hydrogen-bond donors (Lipinski definition) is 0. The third kappa shape index (κ3) is 5.37. The van der Waals surface area contributed by atoms with Gasteiger partial charge in [0.25, 0.3) is 0 Å². The summed E-state index contributed by atoms with van der Waals surface area (Å²) in [6.07, 6.45) is 1.61. The van der Waals surface area contributed by atoms with Crippen molar-refractivity contribution >= 4 is 11.8 Å². The van der Waals surface area contributed by atoms with Crippen molar-refractivity contribution in [3.8, 4) is 0 Å². The monoisotopic (exact) mass is 298 g/mol. The van der Waals surface area contributed by atoms with E-state index in [9.17, 15) is 9.59 Å². The smallest absolute Gasteiger partial charge is 0.306 e. The molecule has 0 spiro atoms. The number of esters is 1. The van der Waals surface area contributed by atoms with Crippen LogP contribution in [0.25, 0.3) is 0 Å². The van der Waals surface area contributed by atoms with Crippen molar-refractivity contribution in [2.45, 2.75) is 32.2 Å². The van der Waals surface area contributed by atoms with Gasteiger partial charge in [0.05, 0.1) is 32.8 Å². The van der Waals surface area contributed by atoms with Gasteiger partial charge in [0.15, 0.2) is 0 Å². The van der Waals surface area contributed by atoms with Gasteiger partial charge in [-0.15, -0.1) is 0 Å². The Hall–Kier alpha value is -0.980. The van der Waals surface area contributed by atoms with Crippen LogP contribution in [0.2, 0.25) is 0 Å². The molecule has 2 heterocycles. The molecule has 1 atom stereocenters. The second-order valence-electron chi connectivity index (χ2n) is 5.67. The van der Waals surface area contributed by atoms with Crippen molar-refractivity contribution in [3.05, 3.63) is 0 Å². The van der Waals surface area contributed by atoms with Crippen LogP contribution in [0, 0.1) is 0 Å². The molecule has 0 bridgehead atoms. The molecule has 0 N–H and O–H groups in total. The third-order valence-electron chi connectivity index (χ3n) is 4.12. The Morgan fingerprint density at radius 2 is 1.95 bits per heavy atom. The van der Waals surface area contributed by atoms with E-state index in [2.05, 4.69) is 9.80 Å². The molecule has 0 aromatic rings. The van der Waals surface area contributed by atoms with Crippen LogP contribution in [0.4, 0.5) is 0 Å². The SMILES string of the molecule is CCOC(=O)CCC(=O)CN1CCC(N2CCOCC2)C1. The molecule has 21 heavy (non-hydrogen) atoms. The first-order valence-electron chi connectivity index (χ1n) is 7.90. The molecular weight excluding hydrogens is 272 g/mol. The minimum Gasteiger partial charge on any atom is -0.466 e. The Bertz CT molecular complexity index is 356. The summed E-state index contributed by atoms with van der Waals surface area (Å²) in [7, 11) is 0. The van der Waals surface area contributed by atoms with Gasteiger partial charge in [-0.1, -0.05) is 0 Å². The fourth-order valence-electron chi connectivity index (χ4n) is 3.00. The molecule has 120 valence electrons. The quantitative estimate of drug-likeness (QED) is 0.630. The maximum absolute atomic E-state index is 11.9. The second kappa shape index (κ2) is 8.46. The van der Waals surface area contributed by atoms with Crippen molar-refractivity contribution in [1.82, 2.24) is 9.80 Å². The molecule has 6 heteroatoms. The predicted molar refractivity (Wildman–Crippen MR) is 78.1 cm³/mol. The first-order chi connectivity index (χ1) is 10.2. The Balaban J connectivity index is 1.65. The molecule has 0 radical (unpaired) electrons. The van der Waals surface area contributed by atoms with Gasteiger partial charge in [0.2, 0.25) is 0 Å². The number of nitrogens with zero attached hydrogens (tertiary/aromatic N) is 2. The summed E-state index contributed by atoms with van der Waals surface area (Å²) in [6, 6.07) is 0.548. The van der Waals surface area contributed by atoms with Crippen LogP contribution in [0.1, 0.15) is 26.2 Å². The zero-order valence-electron chi connectivity index (χ0n) is 12.9. The number of likely N-dealkylation sites (tertiary alicyclic amines) is 1. The summed E-state index contributed by atoms with van der Waals surface area (Å²) in [6.45, 7) is 8.14. The number of rotatable bonds is 7. The fourth-order valence-corrected chi connectivity index (χ4v) is 3.00. The molecule has 0 saturated carbocycles. The molecular formula is C15H26N2O4. The van der Waals surface area contributed by atoms with E-state index >= 15 is 0 Å². The Kier molecular flexibility index (Phi) is 6.60. The lowest BCUT2D eigenvalue weighted by atomic mass is 10.2. The van der Waals surface area contributed by atoms with E-state index in [4.69, 9.17) is 9.47 Å². The van der Waals surface area contributed by atoms with Crippen molar-refractivity contribution < 1.29 is 19.1 Å². The zero-order valence-corrected chi connectivity index (χ0v) is 12.9. The van der Waals surface area contributed by atoms with E-state index in [1.807, 2.05) is 0 Å². The summed E-state index contributed by atoms with van der Waals surface area (Å²) in [5.74, 6) is -0.149. The van der Waals surface area contributed by atoms with Crippen molar-refractivity contribution in [2.24, 2.45) is 0 Å². The largest absolute Gasteiger partial charge is 0.466 e. The fraction of sp³-hybridized carbons (Fsp3) is 0.867. The standard InChI is InChI=1S/C15H26N2O4/c1-2-21-15(19)4-3-14(18)12-16-6-5-13(11-16)17-7-9-20-10-8-17/h13H,2-12H2,1H3. The number of ether oxygens (including phenoxy) is 2. The first-order valence-corrected chi connectivity index (χ1v) is 7.90. The van der Waals surface area contributed by atoms with Crippen LogP contribution in [0.15, 0.2) is 0 Å². The lowest BCUT2D eigenvalue weighted by Crippen LogP contribution is -2.45. The Morgan fingerprint density at radius 3 is 2.67 bits per heavy atom.